The fourth-order valence-corrected chi connectivity index (χ4v) is 8.70. The van der Waals surface area contributed by atoms with Crippen molar-refractivity contribution in [2.75, 3.05) is 0 Å². The van der Waals surface area contributed by atoms with E-state index in [4.69, 9.17) is 9.41 Å². The van der Waals surface area contributed by atoms with Crippen molar-refractivity contribution in [2.45, 2.75) is 12.3 Å². The number of furan rings is 1. The van der Waals surface area contributed by atoms with Gasteiger partial charge < -0.3 is 9.73 Å². The summed E-state index contributed by atoms with van der Waals surface area (Å²) >= 11 is 0. The van der Waals surface area contributed by atoms with Crippen LogP contribution in [0.3, 0.4) is 0 Å². The Labute approximate surface area is 343 Å². The molecule has 9 aromatic carbocycles. The summed E-state index contributed by atoms with van der Waals surface area (Å²) in [5, 5.41) is 12.3. The largest absolute Gasteiger partial charge is 0.455 e. The van der Waals surface area contributed by atoms with Crippen molar-refractivity contribution in [3.63, 3.8) is 0 Å². The van der Waals surface area contributed by atoms with Gasteiger partial charge in [-0.1, -0.05) is 206 Å². The van der Waals surface area contributed by atoms with Crippen LogP contribution in [0.15, 0.2) is 222 Å². The fourth-order valence-electron chi connectivity index (χ4n) is 8.70. The normalized spacial score (nSPS) is 15.3. The topological polar surface area (TPSA) is 49.6 Å². The highest BCUT2D eigenvalue weighted by atomic mass is 16.3. The number of benzene rings is 9. The molecule has 0 spiro atoms. The predicted octanol–water partition coefficient (Wildman–Crippen LogP) is 13.7. The minimum atomic E-state index is -0.308. The minimum Gasteiger partial charge on any atom is -0.455 e. The Balaban J connectivity index is 1.04. The summed E-state index contributed by atoms with van der Waals surface area (Å²) in [6.07, 6.45) is -0.595. The third kappa shape index (κ3) is 6.37. The van der Waals surface area contributed by atoms with Crippen molar-refractivity contribution in [1.29, 1.82) is 0 Å². The van der Waals surface area contributed by atoms with Gasteiger partial charge in [-0.05, 0) is 61.3 Å². The van der Waals surface area contributed by atoms with Crippen LogP contribution in [0, 0.1) is 0 Å². The van der Waals surface area contributed by atoms with Crippen molar-refractivity contribution in [1.82, 2.24) is 10.6 Å². The second-order valence-corrected chi connectivity index (χ2v) is 15.1. The van der Waals surface area contributed by atoms with Crippen LogP contribution < -0.4 is 10.6 Å². The SMILES string of the molecule is c1ccc(-c2ccc(C3=NC(c4ccc(-c5ccccc5)cc4)NC(c4ccc(-c5cccc6c(-c7ccccc7)cccc56)c5oc6ccccc6c45)N3)cc2)cc1. The first-order valence-electron chi connectivity index (χ1n) is 20.2. The lowest BCUT2D eigenvalue weighted by atomic mass is 9.91. The number of hydrogen-bond acceptors (Lipinski definition) is 4. The molecule has 2 unspecified atom stereocenters. The van der Waals surface area contributed by atoms with Crippen LogP contribution in [0.4, 0.5) is 0 Å². The molecule has 10 aromatic rings. The van der Waals surface area contributed by atoms with Crippen LogP contribution in [-0.4, -0.2) is 5.84 Å². The van der Waals surface area contributed by atoms with E-state index in [0.29, 0.717) is 0 Å². The molecule has 2 heterocycles. The number of nitrogens with one attached hydrogen (secondary N) is 2. The maximum atomic E-state index is 6.88. The summed E-state index contributed by atoms with van der Waals surface area (Å²) in [4.78, 5) is 5.34. The van der Waals surface area contributed by atoms with Gasteiger partial charge in [-0.15, -0.1) is 0 Å². The Hall–Kier alpha value is -7.53. The summed E-state index contributed by atoms with van der Waals surface area (Å²) in [5.41, 5.74) is 14.3. The van der Waals surface area contributed by atoms with Crippen molar-refractivity contribution < 1.29 is 4.42 Å². The van der Waals surface area contributed by atoms with Gasteiger partial charge in [0.1, 0.15) is 29.3 Å². The molecular weight excluding hydrogens is 719 g/mol. The van der Waals surface area contributed by atoms with Gasteiger partial charge in [0, 0.05) is 27.5 Å². The number of rotatable bonds is 7. The molecule has 0 amide bonds. The number of fused-ring (bicyclic) bond motifs is 4. The standard InChI is InChI=1S/C55H39N3O/c1-4-14-36(15-5-1)38-26-30-41(31-27-38)53-56-54(42-32-28-39(29-33-42)37-16-6-2-7-17-37)58-55(57-53)49-35-34-47(52-51(49)48-20-10-11-25-50(48)59-52)46-24-13-22-44-43(21-12-23-45(44)46)40-18-8-3-9-19-40/h1-35,53,55,57H,(H,56,58). The summed E-state index contributed by atoms with van der Waals surface area (Å²) in [6, 6.07) is 75.2. The zero-order chi connectivity index (χ0) is 39.1. The van der Waals surface area contributed by atoms with Crippen molar-refractivity contribution in [3.8, 4) is 44.5 Å². The van der Waals surface area contributed by atoms with Crippen molar-refractivity contribution in [3.05, 3.63) is 229 Å². The molecule has 2 N–H and O–H groups in total. The summed E-state index contributed by atoms with van der Waals surface area (Å²) in [5.74, 6) is 0.831. The molecule has 1 aromatic heterocycles. The Morgan fingerprint density at radius 1 is 0.390 bits per heavy atom. The Bertz CT molecular complexity index is 3140. The third-order valence-electron chi connectivity index (χ3n) is 11.6. The van der Waals surface area contributed by atoms with Gasteiger partial charge in [-0.3, -0.25) is 5.32 Å². The van der Waals surface area contributed by atoms with E-state index in [1.165, 1.54) is 44.2 Å². The maximum absolute atomic E-state index is 6.88. The zero-order valence-corrected chi connectivity index (χ0v) is 32.2. The van der Waals surface area contributed by atoms with Gasteiger partial charge in [0.15, 0.2) is 0 Å². The van der Waals surface area contributed by atoms with Crippen LogP contribution in [0.2, 0.25) is 0 Å². The average Bonchev–Trinajstić information content (AvgIpc) is 3.72. The predicted molar refractivity (Wildman–Crippen MR) is 244 cm³/mol. The highest BCUT2D eigenvalue weighted by molar-refractivity contribution is 6.15. The number of aliphatic imine (C=N–C) groups is 1. The second kappa shape index (κ2) is 14.8. The van der Waals surface area contributed by atoms with E-state index in [9.17, 15) is 0 Å². The quantitative estimate of drug-likeness (QED) is 0.170. The first-order valence-corrected chi connectivity index (χ1v) is 20.2. The van der Waals surface area contributed by atoms with Gasteiger partial charge in [0.25, 0.3) is 0 Å². The van der Waals surface area contributed by atoms with Crippen LogP contribution in [0.5, 0.6) is 0 Å². The molecule has 1 aliphatic heterocycles. The zero-order valence-electron chi connectivity index (χ0n) is 32.2. The minimum absolute atomic E-state index is 0.287. The number of hydrogen-bond donors (Lipinski definition) is 2. The van der Waals surface area contributed by atoms with Crippen molar-refractivity contribution in [2.24, 2.45) is 4.99 Å². The van der Waals surface area contributed by atoms with Crippen LogP contribution in [-0.2, 0) is 0 Å². The fraction of sp³-hybridized carbons (Fsp3) is 0.0364. The summed E-state index contributed by atoms with van der Waals surface area (Å²) < 4.78 is 6.88. The number of para-hydroxylation sites is 1. The van der Waals surface area contributed by atoms with E-state index in [2.05, 4.69) is 217 Å². The molecule has 11 rings (SSSR count). The van der Waals surface area contributed by atoms with Crippen LogP contribution in [0.25, 0.3) is 77.2 Å². The highest BCUT2D eigenvalue weighted by Gasteiger charge is 2.29. The Morgan fingerprint density at radius 3 is 1.59 bits per heavy atom. The Morgan fingerprint density at radius 2 is 0.915 bits per heavy atom. The molecule has 59 heavy (non-hydrogen) atoms. The lowest BCUT2D eigenvalue weighted by molar-refractivity contribution is 0.411. The molecule has 4 nitrogen and oxygen atoms in total. The van der Waals surface area contributed by atoms with Gasteiger partial charge >= 0.3 is 0 Å². The monoisotopic (exact) mass is 757 g/mol. The molecule has 280 valence electrons. The maximum Gasteiger partial charge on any atom is 0.143 e. The molecule has 0 aliphatic carbocycles. The molecular formula is C55H39N3O. The number of nitrogens with zero attached hydrogens (tertiary/aromatic N) is 1. The molecule has 0 fully saturated rings. The molecule has 0 radical (unpaired) electrons. The molecule has 0 saturated carbocycles. The van der Waals surface area contributed by atoms with Gasteiger partial charge in [0.05, 0.1) is 0 Å². The molecule has 0 bridgehead atoms. The van der Waals surface area contributed by atoms with E-state index in [1.54, 1.807) is 0 Å². The first kappa shape index (κ1) is 34.7. The van der Waals surface area contributed by atoms with E-state index < -0.39 is 0 Å². The van der Waals surface area contributed by atoms with E-state index in [-0.39, 0.29) is 12.3 Å². The third-order valence-corrected chi connectivity index (χ3v) is 11.6. The average molecular weight is 758 g/mol. The van der Waals surface area contributed by atoms with E-state index in [0.717, 1.165) is 55.6 Å². The van der Waals surface area contributed by atoms with E-state index in [1.807, 2.05) is 6.07 Å². The smallest absolute Gasteiger partial charge is 0.143 e. The van der Waals surface area contributed by atoms with Gasteiger partial charge in [0.2, 0.25) is 0 Å². The van der Waals surface area contributed by atoms with Crippen LogP contribution >= 0.6 is 0 Å². The number of amidine groups is 1. The molecule has 4 heteroatoms. The second-order valence-electron chi connectivity index (χ2n) is 15.1. The molecule has 1 aliphatic rings. The lowest BCUT2D eigenvalue weighted by Crippen LogP contribution is -2.45. The summed E-state index contributed by atoms with van der Waals surface area (Å²) in [7, 11) is 0. The highest BCUT2D eigenvalue weighted by Crippen LogP contribution is 2.43. The molecule has 0 saturated heterocycles. The summed E-state index contributed by atoms with van der Waals surface area (Å²) in [6.45, 7) is 0. The molecule has 2 atom stereocenters. The lowest BCUT2D eigenvalue weighted by Gasteiger charge is -2.32. The van der Waals surface area contributed by atoms with Gasteiger partial charge in [-0.2, -0.15) is 0 Å². The van der Waals surface area contributed by atoms with Crippen molar-refractivity contribution >= 4 is 38.5 Å². The first-order chi connectivity index (χ1) is 29.2. The van der Waals surface area contributed by atoms with E-state index >= 15 is 0 Å². The van der Waals surface area contributed by atoms with Crippen LogP contribution in [0.1, 0.15) is 29.0 Å². The Kier molecular flexibility index (Phi) is 8.68. The van der Waals surface area contributed by atoms with Gasteiger partial charge in [-0.25, -0.2) is 4.99 Å².